The van der Waals surface area contributed by atoms with Crippen molar-refractivity contribution in [3.8, 4) is 16.9 Å². The second kappa shape index (κ2) is 16.5. The number of halogens is 1. The number of amides is 3. The Hall–Kier alpha value is -3.82. The lowest BCUT2D eigenvalue weighted by Gasteiger charge is -2.45. The van der Waals surface area contributed by atoms with Crippen molar-refractivity contribution in [2.75, 3.05) is 19.6 Å². The number of unbranched alkanes of at least 4 members (excludes halogenated alkanes) is 2. The van der Waals surface area contributed by atoms with Crippen LogP contribution in [-0.4, -0.2) is 95.0 Å². The molecule has 292 valence electrons. The Morgan fingerprint density at radius 1 is 1.07 bits per heavy atom. The third-order valence-corrected chi connectivity index (χ3v) is 11.2. The first-order chi connectivity index (χ1) is 25.8. The standard InChI is InChI=1S/C40H52ClN5O8/c1-3-4-5-12-36(47)44(39(49,50)40(51,52)45-22-23-46(53)37(45)48)21-8-9-27(2)28-13-16-34(41)29(24-28)25-43-38(18-19-38)33-26-42-20-17-31(33)32-10-6-7-11-35(32)54-30-14-15-30/h6-7,10-11,13,16-17,20,24,26-27,30,43,49-53H,3-5,8-9,12,14-15,18-19,21-23,25H2,1-2H3. The van der Waals surface area contributed by atoms with Gasteiger partial charge in [-0.3, -0.25) is 24.8 Å². The molecule has 3 fully saturated rings. The van der Waals surface area contributed by atoms with Crippen LogP contribution in [0.25, 0.3) is 11.1 Å². The van der Waals surface area contributed by atoms with E-state index < -0.39 is 30.3 Å². The number of hydrogen-bond acceptors (Lipinski definition) is 10. The van der Waals surface area contributed by atoms with Gasteiger partial charge in [-0.05, 0) is 91.3 Å². The van der Waals surface area contributed by atoms with Crippen LogP contribution in [0.1, 0.15) is 101 Å². The number of aromatic nitrogens is 1. The molecule has 2 heterocycles. The van der Waals surface area contributed by atoms with Crippen LogP contribution in [0.15, 0.2) is 60.9 Å². The van der Waals surface area contributed by atoms with Crippen LogP contribution in [0, 0.1) is 0 Å². The number of hydroxylamine groups is 2. The number of rotatable bonds is 19. The lowest BCUT2D eigenvalue weighted by Crippen LogP contribution is -2.73. The highest BCUT2D eigenvalue weighted by Crippen LogP contribution is 2.50. The van der Waals surface area contributed by atoms with Crippen molar-refractivity contribution in [3.63, 3.8) is 0 Å². The summed E-state index contributed by atoms with van der Waals surface area (Å²) < 4.78 is 6.26. The van der Waals surface area contributed by atoms with Gasteiger partial charge in [0.15, 0.2) is 0 Å². The van der Waals surface area contributed by atoms with Gasteiger partial charge in [0.25, 0.3) is 0 Å². The van der Waals surface area contributed by atoms with E-state index in [1.54, 1.807) is 0 Å². The zero-order valence-electron chi connectivity index (χ0n) is 31.0. The number of ether oxygens (including phenoxy) is 1. The summed E-state index contributed by atoms with van der Waals surface area (Å²) in [7, 11) is 0. The number of urea groups is 1. The van der Waals surface area contributed by atoms with Crippen molar-refractivity contribution in [2.24, 2.45) is 0 Å². The van der Waals surface area contributed by atoms with Gasteiger partial charge in [0.05, 0.1) is 12.6 Å². The Morgan fingerprint density at radius 2 is 1.83 bits per heavy atom. The first-order valence-electron chi connectivity index (χ1n) is 19.0. The molecule has 6 N–H and O–H groups in total. The lowest BCUT2D eigenvalue weighted by atomic mass is 9.93. The highest BCUT2D eigenvalue weighted by atomic mass is 35.5. The Balaban J connectivity index is 1.13. The molecular formula is C40H52ClN5O8. The number of hydrogen-bond donors (Lipinski definition) is 6. The fourth-order valence-electron chi connectivity index (χ4n) is 7.15. The number of nitrogens with zero attached hydrogens (tertiary/aromatic N) is 4. The monoisotopic (exact) mass is 765 g/mol. The maximum atomic E-state index is 13.3. The van der Waals surface area contributed by atoms with E-state index in [1.165, 1.54) is 0 Å². The molecule has 3 aromatic rings. The molecule has 2 saturated carbocycles. The summed E-state index contributed by atoms with van der Waals surface area (Å²) in [6, 6.07) is 14.8. The van der Waals surface area contributed by atoms with Crippen LogP contribution < -0.4 is 10.1 Å². The number of carbonyl (C=O) groups is 2. The molecule has 54 heavy (non-hydrogen) atoms. The molecule has 14 heteroatoms. The molecule has 1 unspecified atom stereocenters. The summed E-state index contributed by atoms with van der Waals surface area (Å²) in [5.41, 5.74) is 4.92. The van der Waals surface area contributed by atoms with Gasteiger partial charge in [-0.1, -0.05) is 68.6 Å². The van der Waals surface area contributed by atoms with E-state index in [4.69, 9.17) is 16.3 Å². The molecule has 1 atom stereocenters. The van der Waals surface area contributed by atoms with E-state index in [-0.39, 0.29) is 48.6 Å². The minimum atomic E-state index is -3.59. The zero-order chi connectivity index (χ0) is 38.7. The summed E-state index contributed by atoms with van der Waals surface area (Å²) in [4.78, 5) is 31.1. The SMILES string of the molecule is CCCCCC(=O)N(CCCC(C)c1ccc(Cl)c(CNC2(c3cnccc3-c3ccccc3OC3CC3)CC2)c1)C(O)(O)C(O)(O)N1CCN(O)C1=O. The van der Waals surface area contributed by atoms with Crippen LogP contribution in [0.2, 0.25) is 5.02 Å². The van der Waals surface area contributed by atoms with Crippen molar-refractivity contribution < 1.29 is 40.0 Å². The average Bonchev–Trinajstić information content (AvgIpc) is 4.10. The first kappa shape index (κ1) is 39.9. The quantitative estimate of drug-likeness (QED) is 0.0525. The minimum absolute atomic E-state index is 0.0382. The van der Waals surface area contributed by atoms with Gasteiger partial charge in [-0.15, -0.1) is 0 Å². The highest BCUT2D eigenvalue weighted by molar-refractivity contribution is 6.31. The highest BCUT2D eigenvalue weighted by Gasteiger charge is 2.61. The molecule has 1 aromatic heterocycles. The fourth-order valence-corrected chi connectivity index (χ4v) is 7.33. The predicted molar refractivity (Wildman–Crippen MR) is 201 cm³/mol. The molecule has 3 aliphatic rings. The van der Waals surface area contributed by atoms with Gasteiger partial charge in [0.1, 0.15) is 5.75 Å². The normalized spacial score (nSPS) is 17.5. The van der Waals surface area contributed by atoms with E-state index in [1.807, 2.05) is 56.6 Å². The number of aliphatic hydroxyl groups is 4. The van der Waals surface area contributed by atoms with Gasteiger partial charge in [0.2, 0.25) is 5.91 Å². The summed E-state index contributed by atoms with van der Waals surface area (Å²) in [6.07, 6.45) is 10.8. The number of pyridine rings is 1. The van der Waals surface area contributed by atoms with Crippen molar-refractivity contribution in [1.82, 2.24) is 25.2 Å². The Bertz CT molecular complexity index is 1800. The average molecular weight is 766 g/mol. The van der Waals surface area contributed by atoms with Crippen molar-refractivity contribution in [1.29, 1.82) is 0 Å². The van der Waals surface area contributed by atoms with Crippen LogP contribution in [0.4, 0.5) is 4.79 Å². The van der Waals surface area contributed by atoms with Crippen molar-refractivity contribution in [2.45, 2.75) is 114 Å². The summed E-state index contributed by atoms with van der Waals surface area (Å²) in [5.74, 6) is -7.00. The third kappa shape index (κ3) is 8.52. The number of nitrogens with one attached hydrogen (secondary N) is 1. The fraction of sp³-hybridized carbons (Fsp3) is 0.525. The van der Waals surface area contributed by atoms with E-state index in [0.29, 0.717) is 34.2 Å². The number of para-hydroxylation sites is 1. The Labute approximate surface area is 321 Å². The third-order valence-electron chi connectivity index (χ3n) is 10.8. The van der Waals surface area contributed by atoms with E-state index >= 15 is 0 Å². The van der Waals surface area contributed by atoms with Crippen LogP contribution in [0.5, 0.6) is 5.75 Å². The molecule has 0 radical (unpaired) electrons. The Morgan fingerprint density at radius 3 is 2.52 bits per heavy atom. The summed E-state index contributed by atoms with van der Waals surface area (Å²) in [5, 5.41) is 58.3. The smallest absolute Gasteiger partial charge is 0.348 e. The van der Waals surface area contributed by atoms with E-state index in [9.17, 15) is 35.2 Å². The predicted octanol–water partition coefficient (Wildman–Crippen LogP) is 5.42. The summed E-state index contributed by atoms with van der Waals surface area (Å²) in [6.45, 7) is 3.58. The largest absolute Gasteiger partial charge is 0.490 e. The zero-order valence-corrected chi connectivity index (χ0v) is 31.7. The molecule has 6 rings (SSSR count). The topological polar surface area (TPSA) is 179 Å². The van der Waals surface area contributed by atoms with Crippen LogP contribution in [-0.2, 0) is 16.9 Å². The summed E-state index contributed by atoms with van der Waals surface area (Å²) >= 11 is 6.73. The minimum Gasteiger partial charge on any atom is -0.490 e. The van der Waals surface area contributed by atoms with Crippen LogP contribution >= 0.6 is 11.6 Å². The van der Waals surface area contributed by atoms with Crippen molar-refractivity contribution >= 4 is 23.5 Å². The van der Waals surface area contributed by atoms with Gasteiger partial charge in [0, 0.05) is 54.6 Å². The van der Waals surface area contributed by atoms with E-state index in [0.717, 1.165) is 72.1 Å². The molecule has 2 aromatic carbocycles. The number of benzene rings is 2. The molecule has 0 spiro atoms. The van der Waals surface area contributed by atoms with Gasteiger partial charge in [-0.25, -0.2) is 9.86 Å². The maximum absolute atomic E-state index is 13.3. The van der Waals surface area contributed by atoms with Gasteiger partial charge in [-0.2, -0.15) is 0 Å². The molecule has 1 aliphatic heterocycles. The lowest BCUT2D eigenvalue weighted by molar-refractivity contribution is -0.440. The molecule has 13 nitrogen and oxygen atoms in total. The van der Waals surface area contributed by atoms with E-state index in [2.05, 4.69) is 28.5 Å². The molecule has 3 amide bonds. The second-order valence-corrected chi connectivity index (χ2v) is 15.3. The molecule has 0 bridgehead atoms. The molecular weight excluding hydrogens is 714 g/mol. The van der Waals surface area contributed by atoms with Crippen molar-refractivity contribution in [3.05, 3.63) is 82.6 Å². The first-order valence-corrected chi connectivity index (χ1v) is 19.4. The van der Waals surface area contributed by atoms with Gasteiger partial charge >= 0.3 is 17.9 Å². The second-order valence-electron chi connectivity index (χ2n) is 14.9. The Kier molecular flexibility index (Phi) is 12.2. The molecule has 2 aliphatic carbocycles. The molecule has 1 saturated heterocycles. The number of carbonyl (C=O) groups excluding carboxylic acids is 2. The van der Waals surface area contributed by atoms with Crippen LogP contribution in [0.3, 0.4) is 0 Å². The maximum Gasteiger partial charge on any atom is 0.348 e. The van der Waals surface area contributed by atoms with Gasteiger partial charge < -0.3 is 30.5 Å².